The second-order valence-electron chi connectivity index (χ2n) is 5.85. The third-order valence-corrected chi connectivity index (χ3v) is 7.97. The molecule has 0 aromatic carbocycles. The van der Waals surface area contributed by atoms with Gasteiger partial charge in [-0.3, -0.25) is 5.43 Å². The highest BCUT2D eigenvalue weighted by molar-refractivity contribution is 8.07. The van der Waals surface area contributed by atoms with Crippen molar-refractivity contribution in [1.29, 1.82) is 0 Å². The van der Waals surface area contributed by atoms with Crippen LogP contribution in [0.3, 0.4) is 0 Å². The summed E-state index contributed by atoms with van der Waals surface area (Å²) in [6.45, 7) is 0. The van der Waals surface area contributed by atoms with Crippen molar-refractivity contribution in [2.24, 2.45) is 11.8 Å². The fourth-order valence-corrected chi connectivity index (χ4v) is 7.26. The largest absolute Gasteiger partial charge is 0.359 e. The summed E-state index contributed by atoms with van der Waals surface area (Å²) in [5.74, 6) is 4.33. The molecule has 2 aliphatic heterocycles. The minimum absolute atomic E-state index is 0.625. The molecule has 2 heterocycles. The second-order valence-corrected chi connectivity index (χ2v) is 8.68. The zero-order valence-corrected chi connectivity index (χ0v) is 12.8. The maximum absolute atomic E-state index is 5.49. The molecule has 0 aromatic rings. The Balaban J connectivity index is 1.32. The molecule has 5 atom stereocenters. The maximum atomic E-state index is 5.49. The third-order valence-electron chi connectivity index (χ3n) is 4.77. The highest BCUT2D eigenvalue weighted by Gasteiger charge is 2.43. The normalized spacial score (nSPS) is 45.7. The van der Waals surface area contributed by atoms with Crippen molar-refractivity contribution in [3.05, 3.63) is 0 Å². The highest BCUT2D eigenvalue weighted by atomic mass is 32.2. The van der Waals surface area contributed by atoms with Crippen molar-refractivity contribution in [2.75, 3.05) is 11.5 Å². The van der Waals surface area contributed by atoms with E-state index in [2.05, 4.69) is 39.3 Å². The van der Waals surface area contributed by atoms with E-state index in [0.29, 0.717) is 16.8 Å². The van der Waals surface area contributed by atoms with E-state index in [1.807, 2.05) is 0 Å². The van der Waals surface area contributed by atoms with Gasteiger partial charge < -0.3 is 5.32 Å². The van der Waals surface area contributed by atoms with Gasteiger partial charge in [0.15, 0.2) is 5.11 Å². The quantitative estimate of drug-likeness (QED) is 0.758. The number of nitrogens with zero attached hydrogens (tertiary/aromatic N) is 1. The van der Waals surface area contributed by atoms with Gasteiger partial charge in [0, 0.05) is 17.5 Å². The number of nitrogens with one attached hydrogen (secondary N) is 2. The number of rotatable bonds is 2. The molecular weight excluding hydrogens is 282 g/mol. The Morgan fingerprint density at radius 3 is 2.44 bits per heavy atom. The van der Waals surface area contributed by atoms with Crippen molar-refractivity contribution in [1.82, 2.24) is 15.8 Å². The molecule has 4 aliphatic rings. The Morgan fingerprint density at radius 2 is 1.89 bits per heavy atom. The monoisotopic (exact) mass is 301 g/mol. The summed E-state index contributed by atoms with van der Waals surface area (Å²) in [6.07, 6.45) is 5.63. The summed E-state index contributed by atoms with van der Waals surface area (Å²) in [5, 5.41) is 8.03. The number of thiocarbonyl (C=S) groups is 1. The number of hydrazine groups is 1. The van der Waals surface area contributed by atoms with Crippen LogP contribution in [0, 0.1) is 11.8 Å². The van der Waals surface area contributed by atoms with Crippen LogP contribution in [0.25, 0.3) is 0 Å². The molecule has 4 bridgehead atoms. The van der Waals surface area contributed by atoms with Gasteiger partial charge in [-0.05, 0) is 43.3 Å². The molecule has 2 aliphatic carbocycles. The van der Waals surface area contributed by atoms with E-state index in [1.165, 1.54) is 37.2 Å². The molecule has 2 saturated heterocycles. The van der Waals surface area contributed by atoms with E-state index in [-0.39, 0.29) is 0 Å². The van der Waals surface area contributed by atoms with Crippen molar-refractivity contribution in [3.8, 4) is 0 Å². The highest BCUT2D eigenvalue weighted by Crippen LogP contribution is 2.45. The van der Waals surface area contributed by atoms with Crippen LogP contribution in [0.2, 0.25) is 0 Å². The molecule has 18 heavy (non-hydrogen) atoms. The summed E-state index contributed by atoms with van der Waals surface area (Å²) in [5.41, 5.74) is 3.44. The van der Waals surface area contributed by atoms with Gasteiger partial charge in [-0.15, -0.1) is 23.5 Å². The molecule has 0 spiro atoms. The summed E-state index contributed by atoms with van der Waals surface area (Å²) < 4.78 is 0. The average molecular weight is 302 g/mol. The molecule has 0 aromatic heterocycles. The lowest BCUT2D eigenvalue weighted by atomic mass is 9.96. The summed E-state index contributed by atoms with van der Waals surface area (Å²) in [4.78, 5) is 0. The van der Waals surface area contributed by atoms with E-state index < -0.39 is 0 Å². The standard InChI is InChI=1S/C12H19N3S3/c16-12(13-9-4-7-1-2-8(9)3-7)14-15-10-5-17-11(15)6-18-10/h7-11H,1-6H2,(H2,13,14,16). The number of hydrogen-bond acceptors (Lipinski definition) is 4. The van der Waals surface area contributed by atoms with Crippen LogP contribution >= 0.6 is 35.7 Å². The van der Waals surface area contributed by atoms with Gasteiger partial charge in [-0.2, -0.15) is 5.01 Å². The van der Waals surface area contributed by atoms with E-state index >= 15 is 0 Å². The molecule has 0 radical (unpaired) electrons. The predicted molar refractivity (Wildman–Crippen MR) is 82.4 cm³/mol. The van der Waals surface area contributed by atoms with E-state index in [9.17, 15) is 0 Å². The fourth-order valence-electron chi connectivity index (χ4n) is 3.87. The van der Waals surface area contributed by atoms with Gasteiger partial charge in [0.05, 0.1) is 10.7 Å². The smallest absolute Gasteiger partial charge is 0.181 e. The Hall–Kier alpha value is 0.350. The van der Waals surface area contributed by atoms with Crippen molar-refractivity contribution in [3.63, 3.8) is 0 Å². The minimum atomic E-state index is 0.625. The first-order valence-corrected chi connectivity index (χ1v) is 9.39. The first-order valence-electron chi connectivity index (χ1n) is 6.88. The molecule has 5 unspecified atom stereocenters. The van der Waals surface area contributed by atoms with Crippen LogP contribution in [0.1, 0.15) is 25.7 Å². The van der Waals surface area contributed by atoms with E-state index in [0.717, 1.165) is 16.9 Å². The first-order chi connectivity index (χ1) is 8.79. The average Bonchev–Trinajstić information content (AvgIpc) is 3.11. The van der Waals surface area contributed by atoms with Gasteiger partial charge in [-0.25, -0.2) is 0 Å². The van der Waals surface area contributed by atoms with Crippen LogP contribution in [0.4, 0.5) is 0 Å². The van der Waals surface area contributed by atoms with Gasteiger partial charge in [0.1, 0.15) is 0 Å². The summed E-state index contributed by atoms with van der Waals surface area (Å²) in [6, 6.07) is 0.643. The van der Waals surface area contributed by atoms with Crippen LogP contribution in [0.15, 0.2) is 0 Å². The van der Waals surface area contributed by atoms with Gasteiger partial charge in [0.2, 0.25) is 0 Å². The second kappa shape index (κ2) is 4.72. The molecule has 100 valence electrons. The lowest BCUT2D eigenvalue weighted by molar-refractivity contribution is 0.250. The van der Waals surface area contributed by atoms with Crippen LogP contribution in [0.5, 0.6) is 0 Å². The number of thioether (sulfide) groups is 2. The maximum Gasteiger partial charge on any atom is 0.181 e. The Kier molecular flexibility index (Phi) is 3.18. The Morgan fingerprint density at radius 1 is 1.11 bits per heavy atom. The summed E-state index contributed by atoms with van der Waals surface area (Å²) in [7, 11) is 0. The topological polar surface area (TPSA) is 27.3 Å². The minimum Gasteiger partial charge on any atom is -0.359 e. The van der Waals surface area contributed by atoms with E-state index in [1.54, 1.807) is 0 Å². The zero-order valence-electron chi connectivity index (χ0n) is 10.3. The zero-order chi connectivity index (χ0) is 12.1. The SMILES string of the molecule is S=C(NC1CC2CCC1C2)NN1C2CSC1CS2. The lowest BCUT2D eigenvalue weighted by Crippen LogP contribution is -2.52. The molecular formula is C12H19N3S3. The molecule has 2 saturated carbocycles. The fraction of sp³-hybridized carbons (Fsp3) is 0.917. The first kappa shape index (κ1) is 12.1. The predicted octanol–water partition coefficient (Wildman–Crippen LogP) is 2.00. The lowest BCUT2D eigenvalue weighted by Gasteiger charge is -2.28. The van der Waals surface area contributed by atoms with E-state index in [4.69, 9.17) is 12.2 Å². The number of hydrogen-bond donors (Lipinski definition) is 2. The third kappa shape index (κ3) is 2.05. The van der Waals surface area contributed by atoms with Gasteiger partial charge >= 0.3 is 0 Å². The molecule has 3 nitrogen and oxygen atoms in total. The van der Waals surface area contributed by atoms with Crippen LogP contribution in [-0.4, -0.2) is 38.4 Å². The molecule has 4 rings (SSSR count). The van der Waals surface area contributed by atoms with Crippen LogP contribution < -0.4 is 10.7 Å². The summed E-state index contributed by atoms with van der Waals surface area (Å²) >= 11 is 9.60. The van der Waals surface area contributed by atoms with Gasteiger partial charge in [-0.1, -0.05) is 6.42 Å². The van der Waals surface area contributed by atoms with Crippen molar-refractivity contribution >= 4 is 40.9 Å². The van der Waals surface area contributed by atoms with Crippen molar-refractivity contribution in [2.45, 2.75) is 42.5 Å². The Labute approximate surface area is 122 Å². The molecule has 2 N–H and O–H groups in total. The molecule has 4 fully saturated rings. The van der Waals surface area contributed by atoms with Crippen LogP contribution in [-0.2, 0) is 0 Å². The van der Waals surface area contributed by atoms with Crippen molar-refractivity contribution < 1.29 is 0 Å². The number of fused-ring (bicyclic) bond motifs is 4. The molecule has 0 amide bonds. The van der Waals surface area contributed by atoms with Gasteiger partial charge in [0.25, 0.3) is 0 Å². The molecule has 6 heteroatoms. The Bertz CT molecular complexity index is 344.